The molecule has 1 heterocycles. The highest BCUT2D eigenvalue weighted by Crippen LogP contribution is 2.23. The summed E-state index contributed by atoms with van der Waals surface area (Å²) in [5.41, 5.74) is 8.46. The molecule has 2 rings (SSSR count). The van der Waals surface area contributed by atoms with Crippen molar-refractivity contribution in [2.75, 3.05) is 6.61 Å². The highest BCUT2D eigenvalue weighted by Gasteiger charge is 2.16. The highest BCUT2D eigenvalue weighted by atomic mass is 79.9. The number of benzene rings is 1. The first kappa shape index (κ1) is 16.1. The Morgan fingerprint density at radius 3 is 2.67 bits per heavy atom. The predicted octanol–water partition coefficient (Wildman–Crippen LogP) is 3.88. The van der Waals surface area contributed by atoms with Gasteiger partial charge in [0.15, 0.2) is 0 Å². The van der Waals surface area contributed by atoms with Gasteiger partial charge in [0.25, 0.3) is 0 Å². The Morgan fingerprint density at radius 2 is 2.00 bits per heavy atom. The molecule has 0 spiro atoms. The maximum Gasteiger partial charge on any atom is 0.0973 e. The van der Waals surface area contributed by atoms with E-state index in [1.165, 1.54) is 5.56 Å². The van der Waals surface area contributed by atoms with Gasteiger partial charge in [-0.3, -0.25) is 4.98 Å². The van der Waals surface area contributed by atoms with Gasteiger partial charge in [-0.15, -0.1) is 0 Å². The van der Waals surface area contributed by atoms with Crippen LogP contribution < -0.4 is 5.73 Å². The highest BCUT2D eigenvalue weighted by molar-refractivity contribution is 9.10. The SMILES string of the molecule is CC(N)C(OCCCc1ccncc1)c1cccc(Br)c1. The molecule has 112 valence electrons. The van der Waals surface area contributed by atoms with E-state index in [4.69, 9.17) is 10.5 Å². The van der Waals surface area contributed by atoms with Gasteiger partial charge >= 0.3 is 0 Å². The summed E-state index contributed by atoms with van der Waals surface area (Å²) in [5.74, 6) is 0. The van der Waals surface area contributed by atoms with Crippen molar-refractivity contribution < 1.29 is 4.74 Å². The van der Waals surface area contributed by atoms with Gasteiger partial charge in [0.1, 0.15) is 0 Å². The third-order valence-electron chi connectivity index (χ3n) is 3.31. The summed E-state index contributed by atoms with van der Waals surface area (Å²) < 4.78 is 7.05. The normalized spacial score (nSPS) is 13.9. The molecule has 0 saturated carbocycles. The zero-order valence-corrected chi connectivity index (χ0v) is 13.8. The van der Waals surface area contributed by atoms with Crippen LogP contribution in [-0.2, 0) is 11.2 Å². The van der Waals surface area contributed by atoms with Crippen LogP contribution in [0.4, 0.5) is 0 Å². The van der Waals surface area contributed by atoms with Crippen LogP contribution in [-0.4, -0.2) is 17.6 Å². The molecule has 0 bridgehead atoms. The molecule has 2 aromatic rings. The van der Waals surface area contributed by atoms with Gasteiger partial charge in [-0.05, 0) is 55.2 Å². The summed E-state index contributed by atoms with van der Waals surface area (Å²) in [6.07, 6.45) is 5.54. The molecule has 2 atom stereocenters. The molecule has 1 aromatic carbocycles. The second-order valence-corrected chi connectivity index (χ2v) is 6.08. The van der Waals surface area contributed by atoms with E-state index >= 15 is 0 Å². The van der Waals surface area contributed by atoms with Gasteiger partial charge < -0.3 is 10.5 Å². The number of rotatable bonds is 7. The number of hydrogen-bond donors (Lipinski definition) is 1. The molecule has 0 aliphatic carbocycles. The van der Waals surface area contributed by atoms with E-state index in [-0.39, 0.29) is 12.1 Å². The number of nitrogens with zero attached hydrogens (tertiary/aromatic N) is 1. The minimum Gasteiger partial charge on any atom is -0.372 e. The second-order valence-electron chi connectivity index (χ2n) is 5.16. The molecule has 1 aromatic heterocycles. The molecule has 3 nitrogen and oxygen atoms in total. The smallest absolute Gasteiger partial charge is 0.0973 e. The van der Waals surface area contributed by atoms with Crippen molar-refractivity contribution in [1.82, 2.24) is 4.98 Å². The molecule has 0 radical (unpaired) electrons. The molecule has 2 unspecified atom stereocenters. The summed E-state index contributed by atoms with van der Waals surface area (Å²) in [7, 11) is 0. The van der Waals surface area contributed by atoms with Crippen LogP contribution >= 0.6 is 15.9 Å². The zero-order chi connectivity index (χ0) is 15.1. The second kappa shape index (κ2) is 8.27. The van der Waals surface area contributed by atoms with Crippen LogP contribution in [0.3, 0.4) is 0 Å². The molecular weight excluding hydrogens is 328 g/mol. The predicted molar refractivity (Wildman–Crippen MR) is 89.0 cm³/mol. The Bertz CT molecular complexity index is 545. The fourth-order valence-electron chi connectivity index (χ4n) is 2.27. The van der Waals surface area contributed by atoms with E-state index in [1.807, 2.05) is 43.6 Å². The van der Waals surface area contributed by atoms with Crippen molar-refractivity contribution in [2.24, 2.45) is 5.73 Å². The number of hydrogen-bond acceptors (Lipinski definition) is 3. The number of halogens is 1. The number of nitrogens with two attached hydrogens (primary N) is 1. The van der Waals surface area contributed by atoms with Crippen molar-refractivity contribution >= 4 is 15.9 Å². The topological polar surface area (TPSA) is 48.1 Å². The summed E-state index contributed by atoms with van der Waals surface area (Å²) >= 11 is 3.49. The van der Waals surface area contributed by atoms with Crippen LogP contribution in [0.1, 0.15) is 30.6 Å². The van der Waals surface area contributed by atoms with Gasteiger partial charge in [-0.1, -0.05) is 28.1 Å². The lowest BCUT2D eigenvalue weighted by Crippen LogP contribution is -2.27. The van der Waals surface area contributed by atoms with Gasteiger partial charge in [0, 0.05) is 29.5 Å². The van der Waals surface area contributed by atoms with Crippen LogP contribution in [0.2, 0.25) is 0 Å². The Morgan fingerprint density at radius 1 is 1.24 bits per heavy atom. The third kappa shape index (κ3) is 5.23. The Balaban J connectivity index is 1.86. The molecule has 21 heavy (non-hydrogen) atoms. The minimum absolute atomic E-state index is 0.0415. The van der Waals surface area contributed by atoms with Crippen LogP contribution in [0.25, 0.3) is 0 Å². The van der Waals surface area contributed by atoms with Gasteiger partial charge in [0.05, 0.1) is 6.10 Å². The molecule has 0 saturated heterocycles. The van der Waals surface area contributed by atoms with Crippen LogP contribution in [0, 0.1) is 0 Å². The Hall–Kier alpha value is -1.23. The lowest BCUT2D eigenvalue weighted by molar-refractivity contribution is 0.0369. The molecule has 0 aliphatic heterocycles. The van der Waals surface area contributed by atoms with Crippen molar-refractivity contribution in [2.45, 2.75) is 31.9 Å². The van der Waals surface area contributed by atoms with Crippen molar-refractivity contribution in [1.29, 1.82) is 0 Å². The Kier molecular flexibility index (Phi) is 6.36. The third-order valence-corrected chi connectivity index (χ3v) is 3.80. The molecule has 0 aliphatic rings. The number of aryl methyl sites for hydroxylation is 1. The monoisotopic (exact) mass is 348 g/mol. The van der Waals surface area contributed by atoms with E-state index in [2.05, 4.69) is 33.0 Å². The summed E-state index contributed by atoms with van der Waals surface area (Å²) in [4.78, 5) is 4.02. The van der Waals surface area contributed by atoms with E-state index in [0.717, 1.165) is 22.9 Å². The molecule has 0 amide bonds. The number of ether oxygens (including phenoxy) is 1. The van der Waals surface area contributed by atoms with E-state index < -0.39 is 0 Å². The number of aromatic nitrogens is 1. The van der Waals surface area contributed by atoms with E-state index in [1.54, 1.807) is 0 Å². The molecular formula is C17H21BrN2O. The summed E-state index contributed by atoms with van der Waals surface area (Å²) in [5, 5.41) is 0. The van der Waals surface area contributed by atoms with E-state index in [0.29, 0.717) is 6.61 Å². The average Bonchev–Trinajstić information content (AvgIpc) is 2.48. The lowest BCUT2D eigenvalue weighted by atomic mass is 10.0. The maximum atomic E-state index is 6.06. The number of pyridine rings is 1. The first-order valence-corrected chi connectivity index (χ1v) is 7.97. The van der Waals surface area contributed by atoms with Crippen molar-refractivity contribution in [3.05, 3.63) is 64.4 Å². The first-order valence-electron chi connectivity index (χ1n) is 7.18. The summed E-state index contributed by atoms with van der Waals surface area (Å²) in [6.45, 7) is 2.68. The fourth-order valence-corrected chi connectivity index (χ4v) is 2.69. The quantitative estimate of drug-likeness (QED) is 0.772. The van der Waals surface area contributed by atoms with Gasteiger partial charge in [-0.25, -0.2) is 0 Å². The summed E-state index contributed by atoms with van der Waals surface area (Å²) in [6, 6.07) is 12.2. The lowest BCUT2D eigenvalue weighted by Gasteiger charge is -2.22. The molecule has 0 fully saturated rings. The minimum atomic E-state index is -0.0695. The zero-order valence-electron chi connectivity index (χ0n) is 12.2. The molecule has 4 heteroatoms. The Labute approximate surface area is 134 Å². The molecule has 2 N–H and O–H groups in total. The fraction of sp³-hybridized carbons (Fsp3) is 0.353. The van der Waals surface area contributed by atoms with Crippen LogP contribution in [0.15, 0.2) is 53.3 Å². The van der Waals surface area contributed by atoms with E-state index in [9.17, 15) is 0 Å². The maximum absolute atomic E-state index is 6.06. The van der Waals surface area contributed by atoms with Gasteiger partial charge in [-0.2, -0.15) is 0 Å². The van der Waals surface area contributed by atoms with Gasteiger partial charge in [0.2, 0.25) is 0 Å². The van der Waals surface area contributed by atoms with Crippen molar-refractivity contribution in [3.63, 3.8) is 0 Å². The average molecular weight is 349 g/mol. The first-order chi connectivity index (χ1) is 10.2. The van der Waals surface area contributed by atoms with Crippen molar-refractivity contribution in [3.8, 4) is 0 Å². The van der Waals surface area contributed by atoms with Crippen LogP contribution in [0.5, 0.6) is 0 Å². The standard InChI is InChI=1S/C17H21BrN2O/c1-13(19)17(15-5-2-6-16(18)12-15)21-11-3-4-14-7-9-20-10-8-14/h2,5-10,12-13,17H,3-4,11,19H2,1H3. The largest absolute Gasteiger partial charge is 0.372 e.